The van der Waals surface area contributed by atoms with Crippen LogP contribution in [0.25, 0.3) is 0 Å². The summed E-state index contributed by atoms with van der Waals surface area (Å²) in [6.45, 7) is 5.00. The van der Waals surface area contributed by atoms with Crippen LogP contribution in [0, 0.1) is 5.92 Å². The minimum atomic E-state index is 0. The van der Waals surface area contributed by atoms with Crippen LogP contribution in [0.1, 0.15) is 13.8 Å². The molecule has 0 atom stereocenters. The van der Waals surface area contributed by atoms with Crippen molar-refractivity contribution in [3.8, 4) is 0 Å². The van der Waals surface area contributed by atoms with Crippen LogP contribution in [0.15, 0.2) is 0 Å². The van der Waals surface area contributed by atoms with Gasteiger partial charge in [0, 0.05) is 0 Å². The molecular formula is C4H15NSi. The largest absolute Gasteiger partial charge is 0.330 e. The molecule has 0 aromatic rings. The van der Waals surface area contributed by atoms with Crippen LogP contribution in [-0.4, -0.2) is 17.5 Å². The van der Waals surface area contributed by atoms with Crippen LogP contribution in [0.3, 0.4) is 0 Å². The Hall–Kier alpha value is 0.177. The van der Waals surface area contributed by atoms with Crippen molar-refractivity contribution in [2.24, 2.45) is 11.7 Å². The van der Waals surface area contributed by atoms with Crippen molar-refractivity contribution in [3.05, 3.63) is 0 Å². The van der Waals surface area contributed by atoms with Crippen molar-refractivity contribution in [3.63, 3.8) is 0 Å². The SMILES string of the molecule is CC(C)CN.[SiH4]. The zero-order chi connectivity index (χ0) is 4.28. The smallest absolute Gasteiger partial charge is 0.00541 e. The number of hydrogen-bond acceptors (Lipinski definition) is 1. The zero-order valence-electron chi connectivity index (χ0n) is 3.86. The lowest BCUT2D eigenvalue weighted by molar-refractivity contribution is 0.664. The van der Waals surface area contributed by atoms with Crippen molar-refractivity contribution in [2.45, 2.75) is 13.8 Å². The second kappa shape index (κ2) is 5.18. The van der Waals surface area contributed by atoms with E-state index in [0.29, 0.717) is 5.92 Å². The van der Waals surface area contributed by atoms with Gasteiger partial charge in [0.2, 0.25) is 0 Å². The lowest BCUT2D eigenvalue weighted by atomic mass is 10.2. The third kappa shape index (κ3) is 8.90. The highest BCUT2D eigenvalue weighted by molar-refractivity contribution is 5.75. The van der Waals surface area contributed by atoms with Crippen LogP contribution < -0.4 is 5.73 Å². The first-order chi connectivity index (χ1) is 2.27. The van der Waals surface area contributed by atoms with E-state index in [2.05, 4.69) is 13.8 Å². The monoisotopic (exact) mass is 105 g/mol. The summed E-state index contributed by atoms with van der Waals surface area (Å²) in [6.07, 6.45) is 0. The fourth-order valence-corrected chi connectivity index (χ4v) is 0. The highest BCUT2D eigenvalue weighted by Crippen LogP contribution is 1.81. The Morgan fingerprint density at radius 2 is 1.67 bits per heavy atom. The standard InChI is InChI=1S/C4H11N.H4Si/c1-4(2)3-5;/h4H,3,5H2,1-2H3;1H4. The molecule has 0 radical (unpaired) electrons. The molecule has 0 aliphatic carbocycles. The Bertz CT molecular complexity index is 21.5. The van der Waals surface area contributed by atoms with Crippen molar-refractivity contribution >= 4 is 11.0 Å². The Balaban J connectivity index is 0. The van der Waals surface area contributed by atoms with E-state index < -0.39 is 0 Å². The first-order valence-electron chi connectivity index (χ1n) is 1.97. The summed E-state index contributed by atoms with van der Waals surface area (Å²) in [5.74, 6) is 0.662. The van der Waals surface area contributed by atoms with E-state index in [-0.39, 0.29) is 11.0 Å². The number of hydrogen-bond donors (Lipinski definition) is 1. The van der Waals surface area contributed by atoms with Gasteiger partial charge < -0.3 is 5.73 Å². The molecule has 0 amide bonds. The molecule has 40 valence electrons. The molecule has 0 saturated carbocycles. The molecule has 6 heavy (non-hydrogen) atoms. The van der Waals surface area contributed by atoms with Gasteiger partial charge >= 0.3 is 0 Å². The molecule has 0 rings (SSSR count). The molecule has 0 bridgehead atoms. The first kappa shape index (κ1) is 9.49. The fraction of sp³-hybridized carbons (Fsp3) is 1.00. The van der Waals surface area contributed by atoms with E-state index in [1.807, 2.05) is 0 Å². The molecule has 1 nitrogen and oxygen atoms in total. The second-order valence-electron chi connectivity index (χ2n) is 1.63. The molecule has 0 aliphatic rings. The predicted octanol–water partition coefficient (Wildman–Crippen LogP) is -0.851. The maximum atomic E-state index is 5.17. The molecule has 0 fully saturated rings. The quantitative estimate of drug-likeness (QED) is 0.432. The van der Waals surface area contributed by atoms with E-state index in [0.717, 1.165) is 6.54 Å². The number of rotatable bonds is 1. The van der Waals surface area contributed by atoms with Crippen molar-refractivity contribution in [1.82, 2.24) is 0 Å². The maximum Gasteiger partial charge on any atom is -0.00541 e. The van der Waals surface area contributed by atoms with E-state index in [1.54, 1.807) is 0 Å². The number of nitrogens with two attached hydrogens (primary N) is 1. The molecular weight excluding hydrogens is 90.1 g/mol. The lowest BCUT2D eigenvalue weighted by Gasteiger charge is -1.91. The lowest BCUT2D eigenvalue weighted by Crippen LogP contribution is -2.05. The van der Waals surface area contributed by atoms with Gasteiger partial charge in [-0.2, -0.15) is 0 Å². The van der Waals surface area contributed by atoms with Crippen LogP contribution in [0.5, 0.6) is 0 Å². The predicted molar refractivity (Wildman–Crippen MR) is 35.2 cm³/mol. The van der Waals surface area contributed by atoms with Gasteiger partial charge in [0.1, 0.15) is 0 Å². The Morgan fingerprint density at radius 3 is 1.67 bits per heavy atom. The van der Waals surface area contributed by atoms with Gasteiger partial charge in [0.05, 0.1) is 0 Å². The second-order valence-corrected chi connectivity index (χ2v) is 1.63. The topological polar surface area (TPSA) is 26.0 Å². The maximum absolute atomic E-state index is 5.17. The van der Waals surface area contributed by atoms with Crippen LogP contribution in [0.2, 0.25) is 0 Å². The van der Waals surface area contributed by atoms with Gasteiger partial charge in [-0.15, -0.1) is 0 Å². The van der Waals surface area contributed by atoms with Gasteiger partial charge in [0.25, 0.3) is 0 Å². The van der Waals surface area contributed by atoms with Gasteiger partial charge in [0.15, 0.2) is 0 Å². The minimum Gasteiger partial charge on any atom is -0.330 e. The first-order valence-corrected chi connectivity index (χ1v) is 1.97. The Labute approximate surface area is 43.9 Å². The fourth-order valence-electron chi connectivity index (χ4n) is 0. The van der Waals surface area contributed by atoms with E-state index in [4.69, 9.17) is 5.73 Å². The summed E-state index contributed by atoms with van der Waals surface area (Å²) in [5.41, 5.74) is 5.17. The Kier molecular flexibility index (Phi) is 8.19. The Morgan fingerprint density at radius 1 is 1.50 bits per heavy atom. The molecule has 0 unspecified atom stereocenters. The van der Waals surface area contributed by atoms with Crippen molar-refractivity contribution < 1.29 is 0 Å². The molecule has 2 N–H and O–H groups in total. The third-order valence-corrected chi connectivity index (χ3v) is 0.471. The molecule has 0 aromatic carbocycles. The molecule has 2 heteroatoms. The van der Waals surface area contributed by atoms with E-state index in [9.17, 15) is 0 Å². The van der Waals surface area contributed by atoms with Gasteiger partial charge in [-0.05, 0) is 23.4 Å². The van der Waals surface area contributed by atoms with Gasteiger partial charge in [-0.1, -0.05) is 13.8 Å². The highest BCUT2D eigenvalue weighted by Gasteiger charge is 1.80. The normalized spacial score (nSPS) is 8.00. The highest BCUT2D eigenvalue weighted by atomic mass is 28.1. The zero-order valence-corrected chi connectivity index (χ0v) is 3.86. The van der Waals surface area contributed by atoms with E-state index in [1.165, 1.54) is 0 Å². The van der Waals surface area contributed by atoms with Crippen molar-refractivity contribution in [2.75, 3.05) is 6.54 Å². The van der Waals surface area contributed by atoms with Crippen molar-refractivity contribution in [1.29, 1.82) is 0 Å². The summed E-state index contributed by atoms with van der Waals surface area (Å²) in [5, 5.41) is 0. The molecule has 0 spiro atoms. The molecule has 0 aliphatic heterocycles. The minimum absolute atomic E-state index is 0. The van der Waals surface area contributed by atoms with Gasteiger partial charge in [-0.3, -0.25) is 0 Å². The van der Waals surface area contributed by atoms with Crippen LogP contribution in [0.4, 0.5) is 0 Å². The van der Waals surface area contributed by atoms with Crippen LogP contribution >= 0.6 is 0 Å². The summed E-state index contributed by atoms with van der Waals surface area (Å²) >= 11 is 0. The van der Waals surface area contributed by atoms with Gasteiger partial charge in [-0.25, -0.2) is 0 Å². The third-order valence-electron chi connectivity index (χ3n) is 0.471. The molecule has 0 heterocycles. The van der Waals surface area contributed by atoms with Crippen LogP contribution in [-0.2, 0) is 0 Å². The average molecular weight is 105 g/mol. The average Bonchev–Trinajstić information content (AvgIpc) is 1.38. The summed E-state index contributed by atoms with van der Waals surface area (Å²) in [4.78, 5) is 0. The molecule has 0 saturated heterocycles. The summed E-state index contributed by atoms with van der Waals surface area (Å²) in [7, 11) is 0. The van der Waals surface area contributed by atoms with E-state index >= 15 is 0 Å². The summed E-state index contributed by atoms with van der Waals surface area (Å²) in [6, 6.07) is 0. The summed E-state index contributed by atoms with van der Waals surface area (Å²) < 4.78 is 0. The molecule has 0 aromatic heterocycles.